The van der Waals surface area contributed by atoms with Gasteiger partial charge in [-0.25, -0.2) is 4.79 Å². The van der Waals surface area contributed by atoms with Gasteiger partial charge in [-0.3, -0.25) is 0 Å². The number of carbonyl (C=O) groups excluding carboxylic acids is 1. The predicted molar refractivity (Wildman–Crippen MR) is 75.9 cm³/mol. The first-order valence-corrected chi connectivity index (χ1v) is 6.43. The molecule has 0 saturated heterocycles. The number of nitrogens with zero attached hydrogens (tertiary/aromatic N) is 1. The molecule has 4 nitrogen and oxygen atoms in total. The van der Waals surface area contributed by atoms with E-state index in [-0.39, 0.29) is 0 Å². The molecule has 98 valence electrons. The largest absolute Gasteiger partial charge is 0.455 e. The summed E-state index contributed by atoms with van der Waals surface area (Å²) in [5.41, 5.74) is 2.12. The molecule has 0 amide bonds. The van der Waals surface area contributed by atoms with Crippen LogP contribution < -0.4 is 0 Å². The number of aryl methyl sites for hydroxylation is 1. The normalized spacial score (nSPS) is 10.9. The van der Waals surface area contributed by atoms with Crippen molar-refractivity contribution >= 4 is 28.1 Å². The Kier molecular flexibility index (Phi) is 4.16. The fourth-order valence-corrected chi connectivity index (χ4v) is 2.23. The maximum Gasteiger partial charge on any atom is 0.331 e. The van der Waals surface area contributed by atoms with Gasteiger partial charge in [-0.2, -0.15) is 0 Å². The quantitative estimate of drug-likeness (QED) is 0.489. The molecule has 19 heavy (non-hydrogen) atoms. The summed E-state index contributed by atoms with van der Waals surface area (Å²) in [6.45, 7) is 3.31. The van der Waals surface area contributed by atoms with Gasteiger partial charge in [0, 0.05) is 17.0 Å². The lowest BCUT2D eigenvalue weighted by molar-refractivity contribution is -0.140. The van der Waals surface area contributed by atoms with Crippen molar-refractivity contribution in [2.75, 3.05) is 0 Å². The first-order valence-electron chi connectivity index (χ1n) is 5.63. The Labute approximate surface area is 119 Å². The van der Waals surface area contributed by atoms with Gasteiger partial charge < -0.3 is 9.25 Å². The fraction of sp³-hybridized carbons (Fsp3) is 0.143. The van der Waals surface area contributed by atoms with Crippen molar-refractivity contribution in [1.29, 1.82) is 0 Å². The monoisotopic (exact) mass is 321 g/mol. The third kappa shape index (κ3) is 3.54. The average molecular weight is 322 g/mol. The molecule has 0 N–H and O–H groups in total. The number of furan rings is 1. The minimum Gasteiger partial charge on any atom is -0.455 e. The lowest BCUT2D eigenvalue weighted by Gasteiger charge is -2.01. The van der Waals surface area contributed by atoms with Crippen LogP contribution in [0.2, 0.25) is 0 Å². The van der Waals surface area contributed by atoms with Crippen molar-refractivity contribution in [3.05, 3.63) is 46.1 Å². The molecule has 5 heteroatoms. The number of hydrogen-bond donors (Lipinski definition) is 0. The fourth-order valence-electron chi connectivity index (χ4n) is 1.54. The van der Waals surface area contributed by atoms with Crippen molar-refractivity contribution in [3.8, 4) is 11.3 Å². The van der Waals surface area contributed by atoms with E-state index in [4.69, 9.17) is 4.42 Å². The van der Waals surface area contributed by atoms with Crippen LogP contribution in [-0.4, -0.2) is 12.2 Å². The Bertz CT molecular complexity index is 631. The van der Waals surface area contributed by atoms with Crippen LogP contribution in [0.5, 0.6) is 0 Å². The van der Waals surface area contributed by atoms with Crippen molar-refractivity contribution in [3.63, 3.8) is 0 Å². The lowest BCUT2D eigenvalue weighted by atomic mass is 10.1. The van der Waals surface area contributed by atoms with Gasteiger partial charge in [-0.1, -0.05) is 27.2 Å². The van der Waals surface area contributed by atoms with E-state index in [1.165, 1.54) is 18.7 Å². The van der Waals surface area contributed by atoms with E-state index in [0.717, 1.165) is 15.8 Å². The molecule has 0 fully saturated rings. The summed E-state index contributed by atoms with van der Waals surface area (Å²) < 4.78 is 6.56. The van der Waals surface area contributed by atoms with E-state index < -0.39 is 5.97 Å². The van der Waals surface area contributed by atoms with E-state index in [9.17, 15) is 4.79 Å². The third-order valence-electron chi connectivity index (χ3n) is 2.38. The molecule has 0 spiro atoms. The number of hydrogen-bond acceptors (Lipinski definition) is 4. The lowest BCUT2D eigenvalue weighted by Crippen LogP contribution is -1.90. The second-order valence-electron chi connectivity index (χ2n) is 4.00. The second kappa shape index (κ2) is 5.84. The van der Waals surface area contributed by atoms with Crippen LogP contribution in [0.15, 0.2) is 44.4 Å². The Morgan fingerprint density at radius 3 is 2.84 bits per heavy atom. The molecule has 1 aromatic carbocycles. The third-order valence-corrected chi connectivity index (χ3v) is 3.03. The SMILES string of the molecule is CC(=O)O/N=C/c1ccc(-c2ccc(C)cc2Br)o1. The molecule has 0 atom stereocenters. The molecular formula is C14H12BrNO3. The molecular weight excluding hydrogens is 310 g/mol. The van der Waals surface area contributed by atoms with Gasteiger partial charge >= 0.3 is 5.97 Å². The molecule has 0 aliphatic rings. The van der Waals surface area contributed by atoms with Gasteiger partial charge in [0.1, 0.15) is 17.7 Å². The maximum absolute atomic E-state index is 10.6. The molecule has 0 radical (unpaired) electrons. The molecule has 2 aromatic rings. The summed E-state index contributed by atoms with van der Waals surface area (Å²) in [4.78, 5) is 15.0. The van der Waals surface area contributed by atoms with Crippen LogP contribution in [-0.2, 0) is 9.63 Å². The summed E-state index contributed by atoms with van der Waals surface area (Å²) in [6.07, 6.45) is 1.35. The Hall–Kier alpha value is -1.88. The first kappa shape index (κ1) is 13.5. The highest BCUT2D eigenvalue weighted by molar-refractivity contribution is 9.10. The molecule has 0 saturated carbocycles. The van der Waals surface area contributed by atoms with Crippen molar-refractivity contribution in [2.24, 2.45) is 5.16 Å². The summed E-state index contributed by atoms with van der Waals surface area (Å²) >= 11 is 3.50. The maximum atomic E-state index is 10.6. The van der Waals surface area contributed by atoms with Crippen molar-refractivity contribution < 1.29 is 14.0 Å². The predicted octanol–water partition coefficient (Wildman–Crippen LogP) is 3.91. The molecule has 0 aliphatic heterocycles. The summed E-state index contributed by atoms with van der Waals surface area (Å²) in [5.74, 6) is 0.768. The smallest absolute Gasteiger partial charge is 0.331 e. The second-order valence-corrected chi connectivity index (χ2v) is 4.86. The highest BCUT2D eigenvalue weighted by Gasteiger charge is 2.07. The minimum absolute atomic E-state index is 0.468. The number of rotatable bonds is 3. The Balaban J connectivity index is 2.21. The Morgan fingerprint density at radius 2 is 2.16 bits per heavy atom. The van der Waals surface area contributed by atoms with Crippen LogP contribution in [0.3, 0.4) is 0 Å². The van der Waals surface area contributed by atoms with Crippen molar-refractivity contribution in [2.45, 2.75) is 13.8 Å². The van der Waals surface area contributed by atoms with E-state index in [2.05, 4.69) is 25.9 Å². The molecule has 2 rings (SSSR count). The van der Waals surface area contributed by atoms with E-state index in [1.54, 1.807) is 6.07 Å². The Morgan fingerprint density at radius 1 is 1.37 bits per heavy atom. The number of oxime groups is 1. The number of benzene rings is 1. The highest BCUT2D eigenvalue weighted by atomic mass is 79.9. The number of halogens is 1. The number of carbonyl (C=O) groups is 1. The van der Waals surface area contributed by atoms with Gasteiger partial charge in [0.05, 0.1) is 0 Å². The zero-order valence-electron chi connectivity index (χ0n) is 10.5. The molecule has 0 aliphatic carbocycles. The van der Waals surface area contributed by atoms with Gasteiger partial charge in [0.15, 0.2) is 0 Å². The standard InChI is InChI=1S/C14H12BrNO3/c1-9-3-5-12(13(15)7-9)14-6-4-11(18-14)8-16-19-10(2)17/h3-8H,1-2H3/b16-8+. The van der Waals surface area contributed by atoms with Gasteiger partial charge in [0.2, 0.25) is 0 Å². The van der Waals surface area contributed by atoms with E-state index in [1.807, 2.05) is 31.2 Å². The van der Waals surface area contributed by atoms with Crippen LogP contribution in [0.4, 0.5) is 0 Å². The minimum atomic E-state index is -0.468. The molecule has 1 aromatic heterocycles. The van der Waals surface area contributed by atoms with Gasteiger partial charge in [0.25, 0.3) is 0 Å². The molecule has 0 bridgehead atoms. The van der Waals surface area contributed by atoms with Gasteiger partial charge in [-0.05, 0) is 36.8 Å². The van der Waals surface area contributed by atoms with Crippen molar-refractivity contribution in [1.82, 2.24) is 0 Å². The summed E-state index contributed by atoms with van der Waals surface area (Å²) in [5, 5.41) is 3.50. The van der Waals surface area contributed by atoms with E-state index >= 15 is 0 Å². The van der Waals surface area contributed by atoms with Crippen LogP contribution >= 0.6 is 15.9 Å². The highest BCUT2D eigenvalue weighted by Crippen LogP contribution is 2.30. The summed E-state index contributed by atoms with van der Waals surface area (Å²) in [6, 6.07) is 9.60. The first-order chi connectivity index (χ1) is 9.06. The van der Waals surface area contributed by atoms with Crippen LogP contribution in [0, 0.1) is 6.92 Å². The molecule has 0 unspecified atom stereocenters. The average Bonchev–Trinajstić information content (AvgIpc) is 2.77. The van der Waals surface area contributed by atoms with E-state index in [0.29, 0.717) is 5.76 Å². The topological polar surface area (TPSA) is 51.8 Å². The zero-order valence-corrected chi connectivity index (χ0v) is 12.1. The van der Waals surface area contributed by atoms with Crippen LogP contribution in [0.1, 0.15) is 18.2 Å². The summed E-state index contributed by atoms with van der Waals surface area (Å²) in [7, 11) is 0. The van der Waals surface area contributed by atoms with Gasteiger partial charge in [-0.15, -0.1) is 0 Å². The van der Waals surface area contributed by atoms with Crippen LogP contribution in [0.25, 0.3) is 11.3 Å². The molecule has 1 heterocycles. The zero-order chi connectivity index (χ0) is 13.8.